The van der Waals surface area contributed by atoms with E-state index in [9.17, 15) is 0 Å². The fourth-order valence-electron chi connectivity index (χ4n) is 3.71. The van der Waals surface area contributed by atoms with Crippen molar-refractivity contribution in [1.29, 1.82) is 0 Å². The fraction of sp³-hybridized carbons (Fsp3) is 0.524. The number of hydrogen-bond acceptors (Lipinski definition) is 6. The molecular weight excluding hydrogens is 338 g/mol. The maximum Gasteiger partial charge on any atom is 0.227 e. The molecule has 1 aromatic carbocycles. The highest BCUT2D eigenvalue weighted by atomic mass is 16.5. The summed E-state index contributed by atoms with van der Waals surface area (Å²) in [6.45, 7) is 4.17. The van der Waals surface area contributed by atoms with Crippen molar-refractivity contribution in [3.05, 3.63) is 36.5 Å². The lowest BCUT2D eigenvalue weighted by molar-refractivity contribution is 0.162. The lowest BCUT2D eigenvalue weighted by Crippen LogP contribution is -2.34. The number of aromatic nitrogens is 2. The highest BCUT2D eigenvalue weighted by molar-refractivity contribution is 5.58. The average molecular weight is 367 g/mol. The van der Waals surface area contributed by atoms with Gasteiger partial charge in [0.2, 0.25) is 5.95 Å². The molecule has 0 radical (unpaired) electrons. The summed E-state index contributed by atoms with van der Waals surface area (Å²) in [7, 11) is 0. The third kappa shape index (κ3) is 5.10. The van der Waals surface area contributed by atoms with Crippen LogP contribution in [0.3, 0.4) is 0 Å². The molecule has 0 bridgehead atoms. The minimum Gasteiger partial charge on any atom is -0.490 e. The topological polar surface area (TPSA) is 62.3 Å². The van der Waals surface area contributed by atoms with Crippen LogP contribution in [0.4, 0.5) is 17.5 Å². The van der Waals surface area contributed by atoms with Crippen molar-refractivity contribution < 1.29 is 4.74 Å². The van der Waals surface area contributed by atoms with Crippen LogP contribution in [0.25, 0.3) is 0 Å². The average Bonchev–Trinajstić information content (AvgIpc) is 3.00. The van der Waals surface area contributed by atoms with Crippen LogP contribution >= 0.6 is 0 Å². The van der Waals surface area contributed by atoms with Crippen LogP contribution in [-0.2, 0) is 0 Å². The molecule has 27 heavy (non-hydrogen) atoms. The van der Waals surface area contributed by atoms with Crippen LogP contribution in [0.1, 0.15) is 38.5 Å². The molecule has 2 aliphatic heterocycles. The Morgan fingerprint density at radius 2 is 1.70 bits per heavy atom. The first-order chi connectivity index (χ1) is 13.4. The molecule has 4 rings (SSSR count). The number of rotatable bonds is 5. The summed E-state index contributed by atoms with van der Waals surface area (Å²) >= 11 is 0. The van der Waals surface area contributed by atoms with E-state index in [0.29, 0.717) is 6.10 Å². The molecule has 2 saturated heterocycles. The second-order valence-electron chi connectivity index (χ2n) is 7.36. The number of nitrogens with one attached hydrogen (secondary N) is 2. The number of benzene rings is 1. The number of anilines is 3. The molecule has 6 heteroatoms. The van der Waals surface area contributed by atoms with Gasteiger partial charge in [0.15, 0.2) is 0 Å². The molecule has 6 nitrogen and oxygen atoms in total. The molecule has 2 aliphatic rings. The van der Waals surface area contributed by atoms with Gasteiger partial charge in [-0.15, -0.1) is 0 Å². The standard InChI is InChI=1S/C21H29N5O/c1-2-4-16-26(15-3-1)21-23-14-11-20(25-21)24-17-5-7-18(8-6-17)27-19-9-12-22-13-10-19/h5-8,11,14,19,22H,1-4,9-10,12-13,15-16H2,(H,23,24,25). The van der Waals surface area contributed by atoms with Crippen molar-refractivity contribution in [2.24, 2.45) is 0 Å². The smallest absolute Gasteiger partial charge is 0.227 e. The summed E-state index contributed by atoms with van der Waals surface area (Å²) in [5.74, 6) is 2.59. The van der Waals surface area contributed by atoms with Crippen LogP contribution in [0.15, 0.2) is 36.5 Å². The van der Waals surface area contributed by atoms with Gasteiger partial charge in [-0.1, -0.05) is 12.8 Å². The molecule has 0 atom stereocenters. The Morgan fingerprint density at radius 1 is 0.963 bits per heavy atom. The van der Waals surface area contributed by atoms with Crippen LogP contribution in [0.5, 0.6) is 5.75 Å². The summed E-state index contributed by atoms with van der Waals surface area (Å²) in [5, 5.41) is 6.75. The van der Waals surface area contributed by atoms with Crippen molar-refractivity contribution in [2.45, 2.75) is 44.6 Å². The molecule has 0 amide bonds. The molecule has 2 N–H and O–H groups in total. The Morgan fingerprint density at radius 3 is 2.44 bits per heavy atom. The first-order valence-corrected chi connectivity index (χ1v) is 10.2. The number of piperidine rings is 1. The zero-order valence-electron chi connectivity index (χ0n) is 15.9. The SMILES string of the molecule is c1cc(Nc2ccc(OC3CCNCC3)cc2)nc(N2CCCCCC2)n1. The molecule has 2 fully saturated rings. The number of hydrogen-bond donors (Lipinski definition) is 2. The van der Waals surface area contributed by atoms with E-state index in [4.69, 9.17) is 9.72 Å². The predicted octanol–water partition coefficient (Wildman–Crippen LogP) is 3.73. The van der Waals surface area contributed by atoms with E-state index in [2.05, 4.69) is 20.5 Å². The zero-order chi connectivity index (χ0) is 18.3. The quantitative estimate of drug-likeness (QED) is 0.840. The molecule has 144 valence electrons. The van der Waals surface area contributed by atoms with E-state index in [1.54, 1.807) is 0 Å². The Labute approximate surface area is 161 Å². The van der Waals surface area contributed by atoms with Gasteiger partial charge in [0.05, 0.1) is 0 Å². The summed E-state index contributed by atoms with van der Waals surface area (Å²) in [4.78, 5) is 11.5. The lowest BCUT2D eigenvalue weighted by Gasteiger charge is -2.24. The zero-order valence-corrected chi connectivity index (χ0v) is 15.9. The highest BCUT2D eigenvalue weighted by Gasteiger charge is 2.15. The van der Waals surface area contributed by atoms with Crippen molar-refractivity contribution in [3.63, 3.8) is 0 Å². The van der Waals surface area contributed by atoms with Gasteiger partial charge >= 0.3 is 0 Å². The summed E-state index contributed by atoms with van der Waals surface area (Å²) < 4.78 is 6.07. The molecule has 3 heterocycles. The first-order valence-electron chi connectivity index (χ1n) is 10.2. The molecule has 0 unspecified atom stereocenters. The summed E-state index contributed by atoms with van der Waals surface area (Å²) in [6, 6.07) is 10.1. The van der Waals surface area contributed by atoms with Crippen LogP contribution in [0.2, 0.25) is 0 Å². The summed E-state index contributed by atoms with van der Waals surface area (Å²) in [5.41, 5.74) is 1.01. The van der Waals surface area contributed by atoms with E-state index in [1.807, 2.05) is 36.5 Å². The van der Waals surface area contributed by atoms with Crippen LogP contribution < -0.4 is 20.3 Å². The number of nitrogens with zero attached hydrogens (tertiary/aromatic N) is 3. The van der Waals surface area contributed by atoms with E-state index in [1.165, 1.54) is 25.7 Å². The Hall–Kier alpha value is -2.34. The van der Waals surface area contributed by atoms with E-state index >= 15 is 0 Å². The Balaban J connectivity index is 1.37. The molecular formula is C21H29N5O. The van der Waals surface area contributed by atoms with Crippen LogP contribution in [0, 0.1) is 0 Å². The molecule has 1 aromatic heterocycles. The third-order valence-corrected chi connectivity index (χ3v) is 5.25. The Kier molecular flexibility index (Phi) is 6.04. The molecule has 0 aliphatic carbocycles. The summed E-state index contributed by atoms with van der Waals surface area (Å²) in [6.07, 6.45) is 9.35. The van der Waals surface area contributed by atoms with Gasteiger partial charge < -0.3 is 20.3 Å². The Bertz CT molecular complexity index is 707. The van der Waals surface area contributed by atoms with Crippen LogP contribution in [-0.4, -0.2) is 42.3 Å². The van der Waals surface area contributed by atoms with E-state index in [0.717, 1.165) is 62.2 Å². The van der Waals surface area contributed by atoms with Crippen molar-refractivity contribution in [3.8, 4) is 5.75 Å². The maximum atomic E-state index is 6.07. The van der Waals surface area contributed by atoms with E-state index in [-0.39, 0.29) is 0 Å². The fourth-order valence-corrected chi connectivity index (χ4v) is 3.71. The number of ether oxygens (including phenoxy) is 1. The van der Waals surface area contributed by atoms with Gasteiger partial charge in [0, 0.05) is 25.0 Å². The van der Waals surface area contributed by atoms with Gasteiger partial charge in [-0.2, -0.15) is 4.98 Å². The minimum atomic E-state index is 0.322. The normalized spacial score (nSPS) is 18.7. The predicted molar refractivity (Wildman–Crippen MR) is 109 cm³/mol. The second kappa shape index (κ2) is 9.04. The minimum absolute atomic E-state index is 0.322. The first kappa shape index (κ1) is 18.0. The van der Waals surface area contributed by atoms with Gasteiger partial charge in [0.1, 0.15) is 17.7 Å². The molecule has 0 saturated carbocycles. The third-order valence-electron chi connectivity index (χ3n) is 5.25. The maximum absolute atomic E-state index is 6.07. The second-order valence-corrected chi connectivity index (χ2v) is 7.36. The molecule has 0 spiro atoms. The van der Waals surface area contributed by atoms with Crippen molar-refractivity contribution in [2.75, 3.05) is 36.4 Å². The van der Waals surface area contributed by atoms with E-state index < -0.39 is 0 Å². The van der Waals surface area contributed by atoms with Crippen molar-refractivity contribution >= 4 is 17.5 Å². The van der Waals surface area contributed by atoms with Gasteiger partial charge in [-0.25, -0.2) is 4.98 Å². The molecule has 2 aromatic rings. The highest BCUT2D eigenvalue weighted by Crippen LogP contribution is 2.23. The lowest BCUT2D eigenvalue weighted by atomic mass is 10.1. The van der Waals surface area contributed by atoms with Gasteiger partial charge in [-0.05, 0) is 69.1 Å². The largest absolute Gasteiger partial charge is 0.490 e. The van der Waals surface area contributed by atoms with Crippen molar-refractivity contribution in [1.82, 2.24) is 15.3 Å². The van der Waals surface area contributed by atoms with Gasteiger partial charge in [-0.3, -0.25) is 0 Å². The van der Waals surface area contributed by atoms with Gasteiger partial charge in [0.25, 0.3) is 0 Å². The monoisotopic (exact) mass is 367 g/mol.